The highest BCUT2D eigenvalue weighted by Gasteiger charge is 2.02. The first kappa shape index (κ1) is 13.3. The van der Waals surface area contributed by atoms with E-state index < -0.39 is 0 Å². The first-order valence-electron chi connectivity index (χ1n) is 5.02. The zero-order valence-electron chi connectivity index (χ0n) is 9.61. The van der Waals surface area contributed by atoms with Crippen molar-refractivity contribution in [3.63, 3.8) is 0 Å². The van der Waals surface area contributed by atoms with Gasteiger partial charge in [-0.25, -0.2) is 9.97 Å². The summed E-state index contributed by atoms with van der Waals surface area (Å²) in [5.41, 5.74) is 1.53. The number of phenolic OH excluding ortho intramolecular Hbond substituents is 1. The van der Waals surface area contributed by atoms with E-state index in [0.717, 1.165) is 5.69 Å². The summed E-state index contributed by atoms with van der Waals surface area (Å²) >= 11 is 0. The van der Waals surface area contributed by atoms with Crippen LogP contribution in [0.25, 0.3) is 0 Å². The van der Waals surface area contributed by atoms with Gasteiger partial charge in [0.15, 0.2) is 0 Å². The van der Waals surface area contributed by atoms with Gasteiger partial charge in [-0.1, -0.05) is 12.1 Å². The van der Waals surface area contributed by atoms with Gasteiger partial charge in [0.05, 0.1) is 5.69 Å². The molecule has 0 bridgehead atoms. The van der Waals surface area contributed by atoms with Gasteiger partial charge in [0.1, 0.15) is 17.4 Å². The Morgan fingerprint density at radius 3 is 2.47 bits per heavy atom. The molecular formula is C12H13ClN3O-. The summed E-state index contributed by atoms with van der Waals surface area (Å²) in [4.78, 5) is 8.42. The number of hydrogen-bond acceptors (Lipinski definition) is 4. The summed E-state index contributed by atoms with van der Waals surface area (Å²) in [5, 5.41) is 12.7. The van der Waals surface area contributed by atoms with Crippen LogP contribution in [0, 0.1) is 13.8 Å². The molecule has 90 valence electrons. The van der Waals surface area contributed by atoms with Crippen molar-refractivity contribution in [2.24, 2.45) is 0 Å². The van der Waals surface area contributed by atoms with Gasteiger partial charge in [-0.15, -0.1) is 0 Å². The van der Waals surface area contributed by atoms with Gasteiger partial charge in [0, 0.05) is 11.8 Å². The molecule has 1 aromatic carbocycles. The quantitative estimate of drug-likeness (QED) is 0.709. The summed E-state index contributed by atoms with van der Waals surface area (Å²) < 4.78 is 0. The molecule has 0 unspecified atom stereocenters. The smallest absolute Gasteiger partial charge is 0.139 e. The minimum absolute atomic E-state index is 0. The molecule has 0 radical (unpaired) electrons. The third-order valence-corrected chi connectivity index (χ3v) is 2.13. The van der Waals surface area contributed by atoms with Crippen molar-refractivity contribution in [1.29, 1.82) is 0 Å². The first-order chi connectivity index (χ1) is 7.65. The van der Waals surface area contributed by atoms with Crippen molar-refractivity contribution in [1.82, 2.24) is 9.97 Å². The summed E-state index contributed by atoms with van der Waals surface area (Å²) in [7, 11) is 0. The standard InChI is InChI=1S/C12H13N3O.ClH/c1-8-7-12(14-9(2)13-8)15-10-5-3-4-6-11(10)16;/h3-7,16H,1-2H3,(H,13,14,15);1H/p-1. The molecule has 17 heavy (non-hydrogen) atoms. The fourth-order valence-electron chi connectivity index (χ4n) is 1.50. The molecule has 0 aliphatic rings. The number of aryl methyl sites for hydroxylation is 2. The summed E-state index contributed by atoms with van der Waals surface area (Å²) in [6.07, 6.45) is 0. The van der Waals surface area contributed by atoms with Crippen LogP contribution in [0.1, 0.15) is 11.5 Å². The van der Waals surface area contributed by atoms with E-state index in [2.05, 4.69) is 15.3 Å². The third-order valence-electron chi connectivity index (χ3n) is 2.13. The molecule has 1 aromatic heterocycles. The van der Waals surface area contributed by atoms with E-state index >= 15 is 0 Å². The van der Waals surface area contributed by atoms with E-state index in [4.69, 9.17) is 0 Å². The molecular weight excluding hydrogens is 238 g/mol. The van der Waals surface area contributed by atoms with Crippen LogP contribution in [0.5, 0.6) is 5.75 Å². The zero-order valence-corrected chi connectivity index (χ0v) is 10.4. The Balaban J connectivity index is 0.00000144. The predicted octanol–water partition coefficient (Wildman–Crippen LogP) is -0.453. The van der Waals surface area contributed by atoms with Crippen molar-refractivity contribution in [2.45, 2.75) is 13.8 Å². The van der Waals surface area contributed by atoms with E-state index in [9.17, 15) is 5.11 Å². The second-order valence-corrected chi connectivity index (χ2v) is 3.58. The molecule has 4 nitrogen and oxygen atoms in total. The second-order valence-electron chi connectivity index (χ2n) is 3.58. The van der Waals surface area contributed by atoms with Gasteiger partial charge < -0.3 is 22.8 Å². The van der Waals surface area contributed by atoms with Crippen molar-refractivity contribution < 1.29 is 17.5 Å². The van der Waals surface area contributed by atoms with Gasteiger partial charge >= 0.3 is 0 Å². The maximum absolute atomic E-state index is 9.60. The van der Waals surface area contributed by atoms with Crippen molar-refractivity contribution in [3.8, 4) is 5.75 Å². The highest BCUT2D eigenvalue weighted by Crippen LogP contribution is 2.24. The number of aromatic hydroxyl groups is 1. The molecule has 0 atom stereocenters. The van der Waals surface area contributed by atoms with E-state index in [1.807, 2.05) is 26.0 Å². The number of nitrogens with zero attached hydrogens (tertiary/aromatic N) is 2. The predicted molar refractivity (Wildman–Crippen MR) is 62.9 cm³/mol. The summed E-state index contributed by atoms with van der Waals surface area (Å²) in [5.74, 6) is 1.60. The average Bonchev–Trinajstić information content (AvgIpc) is 2.20. The van der Waals surface area contributed by atoms with Crippen molar-refractivity contribution in [3.05, 3.63) is 41.9 Å². The number of rotatable bonds is 2. The SMILES string of the molecule is Cc1cc(Nc2ccccc2O)nc(C)n1.[Cl-]. The largest absolute Gasteiger partial charge is 1.00 e. The van der Waals surface area contributed by atoms with Crippen LogP contribution in [0.15, 0.2) is 30.3 Å². The molecule has 0 aliphatic carbocycles. The van der Waals surface area contributed by atoms with Crippen LogP contribution >= 0.6 is 0 Å². The zero-order chi connectivity index (χ0) is 11.5. The molecule has 0 saturated carbocycles. The van der Waals surface area contributed by atoms with Gasteiger partial charge in [-0.2, -0.15) is 0 Å². The maximum atomic E-state index is 9.60. The lowest BCUT2D eigenvalue weighted by Gasteiger charge is -2.08. The first-order valence-corrected chi connectivity index (χ1v) is 5.02. The number of para-hydroxylation sites is 2. The monoisotopic (exact) mass is 250 g/mol. The van der Waals surface area contributed by atoms with Gasteiger partial charge in [-0.05, 0) is 26.0 Å². The minimum atomic E-state index is 0. The number of benzene rings is 1. The Labute approximate surface area is 106 Å². The minimum Gasteiger partial charge on any atom is -1.00 e. The molecule has 2 rings (SSSR count). The fraction of sp³-hybridized carbons (Fsp3) is 0.167. The average molecular weight is 251 g/mol. The number of aromatic nitrogens is 2. The Bertz CT molecular complexity index is 497. The number of halogens is 1. The summed E-state index contributed by atoms with van der Waals surface area (Å²) in [6.45, 7) is 3.74. The van der Waals surface area contributed by atoms with Crippen LogP contribution in [0.3, 0.4) is 0 Å². The highest BCUT2D eigenvalue weighted by molar-refractivity contribution is 5.63. The second kappa shape index (κ2) is 5.50. The lowest BCUT2D eigenvalue weighted by molar-refractivity contribution is -0.00000463. The van der Waals surface area contributed by atoms with Crippen molar-refractivity contribution in [2.75, 3.05) is 5.32 Å². The molecule has 0 aliphatic heterocycles. The van der Waals surface area contributed by atoms with E-state index in [1.165, 1.54) is 0 Å². The Kier molecular flexibility index (Phi) is 4.29. The lowest BCUT2D eigenvalue weighted by Crippen LogP contribution is -3.00. The van der Waals surface area contributed by atoms with Gasteiger partial charge in [-0.3, -0.25) is 0 Å². The molecule has 2 aromatic rings. The highest BCUT2D eigenvalue weighted by atomic mass is 35.5. The van der Waals surface area contributed by atoms with Gasteiger partial charge in [0.2, 0.25) is 0 Å². The molecule has 1 heterocycles. The molecule has 5 heteroatoms. The molecule has 0 saturated heterocycles. The number of hydrogen-bond donors (Lipinski definition) is 2. The topological polar surface area (TPSA) is 58.0 Å². The van der Waals surface area contributed by atoms with E-state index in [1.54, 1.807) is 18.2 Å². The maximum Gasteiger partial charge on any atom is 0.139 e. The molecule has 0 spiro atoms. The number of phenols is 1. The Morgan fingerprint density at radius 1 is 1.12 bits per heavy atom. The molecule has 2 N–H and O–H groups in total. The van der Waals surface area contributed by atoms with Crippen LogP contribution in [0.2, 0.25) is 0 Å². The Morgan fingerprint density at radius 2 is 1.82 bits per heavy atom. The van der Waals surface area contributed by atoms with Crippen LogP contribution in [-0.2, 0) is 0 Å². The van der Waals surface area contributed by atoms with Crippen LogP contribution in [0.4, 0.5) is 11.5 Å². The summed E-state index contributed by atoms with van der Waals surface area (Å²) in [6, 6.07) is 8.88. The van der Waals surface area contributed by atoms with Gasteiger partial charge in [0.25, 0.3) is 0 Å². The molecule has 0 amide bonds. The van der Waals surface area contributed by atoms with E-state index in [-0.39, 0.29) is 18.2 Å². The third kappa shape index (κ3) is 3.32. The van der Waals surface area contributed by atoms with E-state index in [0.29, 0.717) is 17.3 Å². The number of anilines is 2. The van der Waals surface area contributed by atoms with Crippen LogP contribution in [-0.4, -0.2) is 15.1 Å². The number of nitrogens with one attached hydrogen (secondary N) is 1. The normalized spacial score (nSPS) is 9.53. The Hall–Kier alpha value is -1.81. The van der Waals surface area contributed by atoms with Crippen molar-refractivity contribution >= 4 is 11.5 Å². The van der Waals surface area contributed by atoms with Crippen LogP contribution < -0.4 is 17.7 Å². The lowest BCUT2D eigenvalue weighted by atomic mass is 10.3. The molecule has 0 fully saturated rings. The fourth-order valence-corrected chi connectivity index (χ4v) is 1.50.